The van der Waals surface area contributed by atoms with Crippen LogP contribution in [-0.2, 0) is 0 Å². The molecule has 0 atom stereocenters. The monoisotopic (exact) mass is 257 g/mol. The third kappa shape index (κ3) is 1.73. The van der Waals surface area contributed by atoms with Crippen molar-refractivity contribution in [3.05, 3.63) is 46.4 Å². The van der Waals surface area contributed by atoms with E-state index in [4.69, 9.17) is 9.60 Å². The highest BCUT2D eigenvalue weighted by Crippen LogP contribution is 2.15. The Bertz CT molecular complexity index is 655. The van der Waals surface area contributed by atoms with Crippen molar-refractivity contribution in [2.75, 3.05) is 0 Å². The molecule has 0 saturated carbocycles. The second-order valence-corrected chi connectivity index (χ2v) is 3.62. The van der Waals surface area contributed by atoms with Crippen molar-refractivity contribution >= 4 is 15.9 Å². The summed E-state index contributed by atoms with van der Waals surface area (Å²) in [5, 5.41) is 0. The summed E-state index contributed by atoms with van der Waals surface area (Å²) in [5.41, 5.74) is -0.145. The van der Waals surface area contributed by atoms with Crippen molar-refractivity contribution < 1.29 is 9.60 Å². The molecule has 1 aromatic heterocycles. The van der Waals surface area contributed by atoms with Crippen molar-refractivity contribution in [3.8, 4) is 5.69 Å². The van der Waals surface area contributed by atoms with Gasteiger partial charge >= 0.3 is 0 Å². The van der Waals surface area contributed by atoms with Gasteiger partial charge < -0.3 is 4.57 Å². The zero-order chi connectivity index (χ0) is 16.0. The SMILES string of the molecule is [2H]c1c(C([2H])([2H])[2H])nc(C([2H])([2H])[2H])n1-c1ccc(Br)cc1. The molecule has 72 valence electrons. The lowest BCUT2D eigenvalue weighted by atomic mass is 10.3. The molecule has 14 heavy (non-hydrogen) atoms. The molecule has 0 amide bonds. The van der Waals surface area contributed by atoms with Gasteiger partial charge in [0.25, 0.3) is 0 Å². The van der Waals surface area contributed by atoms with E-state index in [1.165, 1.54) is 0 Å². The summed E-state index contributed by atoms with van der Waals surface area (Å²) in [6, 6.07) is 6.52. The molecule has 0 bridgehead atoms. The minimum Gasteiger partial charge on any atom is -0.304 e. The highest BCUT2D eigenvalue weighted by atomic mass is 79.9. The Kier molecular flexibility index (Phi) is 1.07. The molecule has 1 heterocycles. The summed E-state index contributed by atoms with van der Waals surface area (Å²) in [5.74, 6) is -0.430. The van der Waals surface area contributed by atoms with Crippen LogP contribution in [0.25, 0.3) is 5.69 Å². The quantitative estimate of drug-likeness (QED) is 0.767. The minimum atomic E-state index is -2.64. The van der Waals surface area contributed by atoms with Gasteiger partial charge in [0.1, 0.15) is 5.82 Å². The molecule has 1 aromatic carbocycles. The zero-order valence-corrected chi connectivity index (χ0v) is 8.67. The highest BCUT2D eigenvalue weighted by Gasteiger charge is 2.02. The van der Waals surface area contributed by atoms with Crippen molar-refractivity contribution in [3.63, 3.8) is 0 Å². The number of nitrogens with zero attached hydrogens (tertiary/aromatic N) is 2. The number of benzene rings is 1. The fraction of sp³-hybridized carbons (Fsp3) is 0.182. The van der Waals surface area contributed by atoms with Gasteiger partial charge in [-0.05, 0) is 38.0 Å². The minimum absolute atomic E-state index is 0.373. The maximum Gasteiger partial charge on any atom is 0.110 e. The first-order valence-corrected chi connectivity index (χ1v) is 4.67. The predicted octanol–water partition coefficient (Wildman–Crippen LogP) is 3.25. The van der Waals surface area contributed by atoms with Gasteiger partial charge in [-0.1, -0.05) is 15.9 Å². The largest absolute Gasteiger partial charge is 0.304 e. The fourth-order valence-electron chi connectivity index (χ4n) is 1.12. The molecule has 0 fully saturated rings. The molecule has 0 aliphatic heterocycles. The molecule has 0 spiro atoms. The van der Waals surface area contributed by atoms with Crippen LogP contribution in [0.1, 0.15) is 21.1 Å². The molecule has 0 aliphatic rings. The molecular formula is C11H11BrN2. The standard InChI is InChI=1S/C11H11BrN2/c1-8-7-14(9(2)13-8)11-5-3-10(12)4-6-11/h3-7H,1-2H3/i1D3,2D3,7D. The summed E-state index contributed by atoms with van der Waals surface area (Å²) in [6.45, 7) is -5.26. The molecule has 0 aliphatic carbocycles. The molecule has 2 rings (SSSR count). The van der Waals surface area contributed by atoms with Gasteiger partial charge in [0, 0.05) is 24.6 Å². The van der Waals surface area contributed by atoms with E-state index in [1.54, 1.807) is 24.3 Å². The van der Waals surface area contributed by atoms with Crippen molar-refractivity contribution in [1.29, 1.82) is 0 Å². The third-order valence-corrected chi connectivity index (χ3v) is 2.26. The van der Waals surface area contributed by atoms with E-state index in [2.05, 4.69) is 20.9 Å². The van der Waals surface area contributed by atoms with E-state index >= 15 is 0 Å². The summed E-state index contributed by atoms with van der Waals surface area (Å²) in [4.78, 5) is 3.69. The molecule has 2 aromatic rings. The predicted molar refractivity (Wildman–Crippen MR) is 60.7 cm³/mol. The normalized spacial score (nSPS) is 19.6. The van der Waals surface area contributed by atoms with E-state index in [0.717, 1.165) is 9.04 Å². The lowest BCUT2D eigenvalue weighted by Gasteiger charge is -2.03. The Labute approximate surface area is 102 Å². The van der Waals surface area contributed by atoms with E-state index < -0.39 is 31.4 Å². The van der Waals surface area contributed by atoms with E-state index in [-0.39, 0.29) is 0 Å². The third-order valence-electron chi connectivity index (χ3n) is 1.73. The van der Waals surface area contributed by atoms with E-state index in [0.29, 0.717) is 5.69 Å². The smallest absolute Gasteiger partial charge is 0.110 e. The molecule has 3 heteroatoms. The second-order valence-electron chi connectivity index (χ2n) is 2.71. The van der Waals surface area contributed by atoms with E-state index in [9.17, 15) is 0 Å². The van der Waals surface area contributed by atoms with Crippen LogP contribution in [0.15, 0.2) is 34.9 Å². The van der Waals surface area contributed by atoms with Crippen molar-refractivity contribution in [1.82, 2.24) is 9.55 Å². The first-order chi connectivity index (χ1) is 9.51. The summed E-state index contributed by atoms with van der Waals surface area (Å²) < 4.78 is 54.4. The van der Waals surface area contributed by atoms with Gasteiger partial charge in [0.05, 0.1) is 7.06 Å². The topological polar surface area (TPSA) is 17.8 Å². The Hall–Kier alpha value is -1.09. The maximum atomic E-state index is 7.97. The molecule has 0 saturated heterocycles. The van der Waals surface area contributed by atoms with Crippen LogP contribution in [0.3, 0.4) is 0 Å². The zero-order valence-electron chi connectivity index (χ0n) is 14.1. The first-order valence-electron chi connectivity index (χ1n) is 7.38. The van der Waals surface area contributed by atoms with Gasteiger partial charge in [0.15, 0.2) is 0 Å². The van der Waals surface area contributed by atoms with Gasteiger partial charge in [-0.2, -0.15) is 0 Å². The second kappa shape index (κ2) is 3.58. The molecule has 0 N–H and O–H groups in total. The van der Waals surface area contributed by atoms with Crippen molar-refractivity contribution in [2.45, 2.75) is 13.7 Å². The number of aromatic nitrogens is 2. The number of hydrogen-bond donors (Lipinski definition) is 0. The Morgan fingerprint density at radius 1 is 1.36 bits per heavy atom. The van der Waals surface area contributed by atoms with Crippen LogP contribution in [0.2, 0.25) is 0 Å². The number of rotatable bonds is 1. The van der Waals surface area contributed by atoms with Crippen LogP contribution in [0.4, 0.5) is 0 Å². The highest BCUT2D eigenvalue weighted by molar-refractivity contribution is 9.10. The van der Waals surface area contributed by atoms with Crippen LogP contribution in [-0.4, -0.2) is 9.55 Å². The number of hydrogen-bond acceptors (Lipinski definition) is 1. The summed E-state index contributed by atoms with van der Waals surface area (Å²) in [7, 11) is 0. The summed E-state index contributed by atoms with van der Waals surface area (Å²) >= 11 is 3.26. The number of aryl methyl sites for hydroxylation is 2. The lowest BCUT2D eigenvalue weighted by Crippen LogP contribution is -1.94. The average molecular weight is 258 g/mol. The summed E-state index contributed by atoms with van der Waals surface area (Å²) in [6.07, 6.45) is -0.441. The van der Waals surface area contributed by atoms with Gasteiger partial charge in [-0.15, -0.1) is 0 Å². The van der Waals surface area contributed by atoms with Crippen molar-refractivity contribution in [2.24, 2.45) is 0 Å². The molecule has 2 nitrogen and oxygen atoms in total. The Morgan fingerprint density at radius 2 is 2.14 bits per heavy atom. The van der Waals surface area contributed by atoms with Gasteiger partial charge in [-0.25, -0.2) is 4.98 Å². The first kappa shape index (κ1) is 4.19. The van der Waals surface area contributed by atoms with Gasteiger partial charge in [-0.3, -0.25) is 0 Å². The fourth-order valence-corrected chi connectivity index (χ4v) is 1.38. The van der Waals surface area contributed by atoms with Crippen LogP contribution < -0.4 is 0 Å². The molecule has 0 radical (unpaired) electrons. The Morgan fingerprint density at radius 3 is 2.79 bits per heavy atom. The maximum absolute atomic E-state index is 7.97. The lowest BCUT2D eigenvalue weighted by molar-refractivity contribution is 0.974. The van der Waals surface area contributed by atoms with Crippen LogP contribution in [0.5, 0.6) is 0 Å². The van der Waals surface area contributed by atoms with Crippen LogP contribution >= 0.6 is 15.9 Å². The number of halogens is 1. The van der Waals surface area contributed by atoms with E-state index in [1.807, 2.05) is 0 Å². The molecule has 0 unspecified atom stereocenters. The average Bonchev–Trinajstić information content (AvgIpc) is 2.67. The van der Waals surface area contributed by atoms with Crippen LogP contribution in [0, 0.1) is 13.7 Å². The van der Waals surface area contributed by atoms with Gasteiger partial charge in [0.2, 0.25) is 0 Å². The molecular weight excluding hydrogens is 240 g/mol. The number of imidazole rings is 1. The Balaban J connectivity index is 2.74.